The van der Waals surface area contributed by atoms with Crippen molar-refractivity contribution in [3.63, 3.8) is 0 Å². The minimum absolute atomic E-state index is 0.0926. The fraction of sp³-hybridized carbons (Fsp3) is 0.522. The van der Waals surface area contributed by atoms with E-state index in [1.54, 1.807) is 17.9 Å². The molecule has 4 rings (SSSR count). The van der Waals surface area contributed by atoms with Crippen LogP contribution in [0.25, 0.3) is 0 Å². The number of carbonyl (C=O) groups is 2. The molecule has 1 saturated heterocycles. The van der Waals surface area contributed by atoms with Gasteiger partial charge in [0.1, 0.15) is 0 Å². The number of aliphatic hydroxyl groups excluding tert-OH is 1. The highest BCUT2D eigenvalue weighted by Gasteiger charge is 2.36. The number of hydrogen-bond acceptors (Lipinski definition) is 4. The van der Waals surface area contributed by atoms with Crippen LogP contribution in [0.2, 0.25) is 10.0 Å². The summed E-state index contributed by atoms with van der Waals surface area (Å²) in [4.78, 5) is 33.8. The molecule has 1 fully saturated rings. The van der Waals surface area contributed by atoms with Crippen molar-refractivity contribution in [1.29, 1.82) is 0 Å². The number of carbonyl (C=O) groups excluding carboxylic acids is 2. The predicted molar refractivity (Wildman–Crippen MR) is 122 cm³/mol. The molecule has 0 aliphatic carbocycles. The van der Waals surface area contributed by atoms with Crippen molar-refractivity contribution < 1.29 is 14.7 Å². The molecule has 2 amide bonds. The molecule has 0 aromatic heterocycles. The van der Waals surface area contributed by atoms with Crippen LogP contribution in [0.1, 0.15) is 54.2 Å². The first kappa shape index (κ1) is 22.5. The van der Waals surface area contributed by atoms with Crippen LogP contribution < -0.4 is 0 Å². The van der Waals surface area contributed by atoms with E-state index in [2.05, 4.69) is 9.89 Å². The first-order valence-corrected chi connectivity index (χ1v) is 11.5. The summed E-state index contributed by atoms with van der Waals surface area (Å²) in [6.07, 6.45) is 4.60. The van der Waals surface area contributed by atoms with E-state index in [4.69, 9.17) is 23.2 Å². The summed E-state index contributed by atoms with van der Waals surface area (Å²) in [7, 11) is 0. The standard InChI is InChI=1S/C23H27Cl2N3O3/c1-13-9-14(2)26-22(30)17(13)11-28-8-5-15-18(24)10-16(21(25)20(15)23(28)31)19(12-29)27-6-3-4-7-27/h9-10,17,19,29H,3-8,11-12H2,1-2H3. The zero-order valence-corrected chi connectivity index (χ0v) is 19.3. The van der Waals surface area contributed by atoms with Crippen molar-refractivity contribution in [2.24, 2.45) is 10.9 Å². The van der Waals surface area contributed by atoms with Gasteiger partial charge in [-0.25, -0.2) is 4.99 Å². The third kappa shape index (κ3) is 4.19. The largest absolute Gasteiger partial charge is 0.394 e. The zero-order valence-electron chi connectivity index (χ0n) is 17.8. The van der Waals surface area contributed by atoms with Gasteiger partial charge in [0.2, 0.25) is 0 Å². The Hall–Kier alpha value is -1.73. The van der Waals surface area contributed by atoms with Crippen molar-refractivity contribution in [3.8, 4) is 0 Å². The Labute approximate surface area is 192 Å². The molecule has 2 atom stereocenters. The Morgan fingerprint density at radius 1 is 1.19 bits per heavy atom. The Balaban J connectivity index is 1.65. The van der Waals surface area contributed by atoms with Gasteiger partial charge in [0, 0.05) is 23.8 Å². The summed E-state index contributed by atoms with van der Waals surface area (Å²) >= 11 is 13.4. The number of amides is 2. The second-order valence-corrected chi connectivity index (χ2v) is 9.38. The highest BCUT2D eigenvalue weighted by molar-refractivity contribution is 6.37. The zero-order chi connectivity index (χ0) is 22.3. The van der Waals surface area contributed by atoms with Gasteiger partial charge in [0.15, 0.2) is 0 Å². The monoisotopic (exact) mass is 463 g/mol. The lowest BCUT2D eigenvalue weighted by molar-refractivity contribution is -0.120. The Morgan fingerprint density at radius 2 is 1.90 bits per heavy atom. The smallest absolute Gasteiger partial charge is 0.255 e. The number of rotatable bonds is 5. The number of nitrogens with zero attached hydrogens (tertiary/aromatic N) is 3. The Bertz CT molecular complexity index is 983. The quantitative estimate of drug-likeness (QED) is 0.722. The molecule has 31 heavy (non-hydrogen) atoms. The van der Waals surface area contributed by atoms with E-state index in [1.807, 2.05) is 13.0 Å². The third-order valence-corrected chi connectivity index (χ3v) is 7.31. The summed E-state index contributed by atoms with van der Waals surface area (Å²) in [6, 6.07) is 1.52. The van der Waals surface area contributed by atoms with E-state index in [0.717, 1.165) is 37.1 Å². The topological polar surface area (TPSA) is 73.2 Å². The lowest BCUT2D eigenvalue weighted by atomic mass is 9.91. The van der Waals surface area contributed by atoms with E-state index >= 15 is 0 Å². The van der Waals surface area contributed by atoms with Crippen LogP contribution in [0, 0.1) is 5.92 Å². The molecule has 2 unspecified atom stereocenters. The van der Waals surface area contributed by atoms with E-state index in [-0.39, 0.29) is 31.0 Å². The third-order valence-electron chi connectivity index (χ3n) is 6.57. The molecule has 1 aromatic rings. The predicted octanol–water partition coefficient (Wildman–Crippen LogP) is 3.68. The van der Waals surface area contributed by atoms with Crippen molar-refractivity contribution in [1.82, 2.24) is 9.80 Å². The molecule has 3 heterocycles. The van der Waals surface area contributed by atoms with Crippen molar-refractivity contribution in [3.05, 3.63) is 44.5 Å². The normalized spacial score (nSPS) is 23.0. The number of aliphatic imine (C=N–C) groups is 1. The fourth-order valence-corrected chi connectivity index (χ4v) is 5.57. The number of allylic oxidation sites excluding steroid dienone is 1. The molecular formula is C23H27Cl2N3O3. The van der Waals surface area contributed by atoms with E-state index < -0.39 is 5.92 Å². The lowest BCUT2D eigenvalue weighted by Gasteiger charge is -2.34. The van der Waals surface area contributed by atoms with Gasteiger partial charge in [-0.1, -0.05) is 28.8 Å². The van der Waals surface area contributed by atoms with Gasteiger partial charge in [-0.15, -0.1) is 0 Å². The van der Waals surface area contributed by atoms with E-state index in [0.29, 0.717) is 39.8 Å². The molecule has 0 saturated carbocycles. The number of hydrogen-bond donors (Lipinski definition) is 1. The summed E-state index contributed by atoms with van der Waals surface area (Å²) in [5, 5.41) is 10.9. The van der Waals surface area contributed by atoms with Gasteiger partial charge >= 0.3 is 0 Å². The highest BCUT2D eigenvalue weighted by atomic mass is 35.5. The fourth-order valence-electron chi connectivity index (χ4n) is 4.89. The van der Waals surface area contributed by atoms with Crippen LogP contribution in [0.4, 0.5) is 0 Å². The van der Waals surface area contributed by atoms with Crippen LogP contribution in [0.15, 0.2) is 22.7 Å². The van der Waals surface area contributed by atoms with Gasteiger partial charge in [0.25, 0.3) is 11.8 Å². The maximum atomic E-state index is 13.5. The molecule has 3 aliphatic rings. The van der Waals surface area contributed by atoms with Crippen LogP contribution in [-0.4, -0.2) is 65.2 Å². The number of dihydropyridines is 1. The first-order chi connectivity index (χ1) is 14.8. The molecule has 3 aliphatic heterocycles. The number of fused-ring (bicyclic) bond motifs is 1. The van der Waals surface area contributed by atoms with Gasteiger partial charge in [-0.05, 0) is 69.5 Å². The summed E-state index contributed by atoms with van der Waals surface area (Å²) < 4.78 is 0. The first-order valence-electron chi connectivity index (χ1n) is 10.7. The lowest BCUT2D eigenvalue weighted by Crippen LogP contribution is -2.43. The van der Waals surface area contributed by atoms with Crippen LogP contribution in [-0.2, 0) is 11.2 Å². The van der Waals surface area contributed by atoms with Crippen LogP contribution >= 0.6 is 23.2 Å². The molecule has 6 nitrogen and oxygen atoms in total. The maximum absolute atomic E-state index is 13.5. The minimum atomic E-state index is -0.443. The molecule has 0 bridgehead atoms. The van der Waals surface area contributed by atoms with Crippen LogP contribution in [0.3, 0.4) is 0 Å². The average molecular weight is 464 g/mol. The molecule has 1 N–H and O–H groups in total. The molecule has 8 heteroatoms. The molecule has 0 spiro atoms. The molecule has 0 radical (unpaired) electrons. The van der Waals surface area contributed by atoms with Gasteiger partial charge in [-0.2, -0.15) is 0 Å². The van der Waals surface area contributed by atoms with Gasteiger partial charge < -0.3 is 10.0 Å². The summed E-state index contributed by atoms with van der Waals surface area (Å²) in [5.41, 5.74) is 3.42. The van der Waals surface area contributed by atoms with E-state index in [9.17, 15) is 14.7 Å². The second kappa shape index (κ2) is 9.02. The Morgan fingerprint density at radius 3 is 2.55 bits per heavy atom. The number of aliphatic hydroxyl groups is 1. The van der Waals surface area contributed by atoms with Crippen molar-refractivity contribution in [2.45, 2.75) is 39.2 Å². The van der Waals surface area contributed by atoms with Gasteiger partial charge in [-0.3, -0.25) is 14.5 Å². The Kier molecular flexibility index (Phi) is 6.54. The summed E-state index contributed by atoms with van der Waals surface area (Å²) in [6.45, 7) is 6.09. The minimum Gasteiger partial charge on any atom is -0.394 e. The van der Waals surface area contributed by atoms with Gasteiger partial charge in [0.05, 0.1) is 29.2 Å². The number of likely N-dealkylation sites (tertiary alicyclic amines) is 1. The van der Waals surface area contributed by atoms with Crippen molar-refractivity contribution >= 4 is 40.7 Å². The van der Waals surface area contributed by atoms with Crippen LogP contribution in [0.5, 0.6) is 0 Å². The average Bonchev–Trinajstić information content (AvgIpc) is 3.24. The number of benzene rings is 1. The van der Waals surface area contributed by atoms with Crippen molar-refractivity contribution in [2.75, 3.05) is 32.8 Å². The molecule has 166 valence electrons. The molecular weight excluding hydrogens is 437 g/mol. The maximum Gasteiger partial charge on any atom is 0.255 e. The number of halogens is 2. The SMILES string of the molecule is CC1=CC(C)=NC(=O)C1CN1CCc2c(Cl)cc(C(CO)N3CCCC3)c(Cl)c2C1=O. The second-order valence-electron chi connectivity index (χ2n) is 8.59. The van der Waals surface area contributed by atoms with E-state index in [1.165, 1.54) is 0 Å². The molecule has 1 aromatic carbocycles. The highest BCUT2D eigenvalue weighted by Crippen LogP contribution is 2.40. The summed E-state index contributed by atoms with van der Waals surface area (Å²) in [5.74, 6) is -0.884.